The van der Waals surface area contributed by atoms with Crippen molar-refractivity contribution in [3.8, 4) is 0 Å². The predicted molar refractivity (Wildman–Crippen MR) is 81.9 cm³/mol. The Labute approximate surface area is 127 Å². The van der Waals surface area contributed by atoms with Crippen molar-refractivity contribution >= 4 is 5.97 Å². The van der Waals surface area contributed by atoms with Crippen molar-refractivity contribution in [1.29, 1.82) is 0 Å². The molecular formula is C16H27N3O2. The van der Waals surface area contributed by atoms with Crippen LogP contribution in [0.1, 0.15) is 63.6 Å². The number of esters is 1. The molecule has 1 N–H and O–H groups in total. The van der Waals surface area contributed by atoms with Gasteiger partial charge >= 0.3 is 5.97 Å². The quantitative estimate of drug-likeness (QED) is 0.647. The summed E-state index contributed by atoms with van der Waals surface area (Å²) in [7, 11) is 1.45. The number of ether oxygens (including phenoxy) is 1. The minimum Gasteiger partial charge on any atom is -0.468 e. The van der Waals surface area contributed by atoms with Gasteiger partial charge in [-0.25, -0.2) is 9.78 Å². The predicted octanol–water partition coefficient (Wildman–Crippen LogP) is 2.82. The Kier molecular flexibility index (Phi) is 6.23. The molecule has 0 radical (unpaired) electrons. The summed E-state index contributed by atoms with van der Waals surface area (Å²) in [5.41, 5.74) is 0.910. The van der Waals surface area contributed by atoms with Crippen molar-refractivity contribution in [2.75, 3.05) is 7.11 Å². The van der Waals surface area contributed by atoms with E-state index in [1.54, 1.807) is 12.5 Å². The Bertz CT molecular complexity index is 436. The van der Waals surface area contributed by atoms with E-state index in [1.807, 2.05) is 4.57 Å². The molecule has 1 atom stereocenters. The molecule has 1 heterocycles. The maximum absolute atomic E-state index is 12.2. The molecule has 2 rings (SSSR count). The standard InChI is InChI=1S/C16H27N3O2/c1-3-10-19-12-17-11-14(19)15(16(20)21-2)18-13-8-6-4-5-7-9-13/h11-13,15,18H,3-10H2,1-2H3. The first-order chi connectivity index (χ1) is 10.3. The summed E-state index contributed by atoms with van der Waals surface area (Å²) >= 11 is 0. The van der Waals surface area contributed by atoms with Gasteiger partial charge in [0.2, 0.25) is 0 Å². The van der Waals surface area contributed by atoms with Crippen molar-refractivity contribution < 1.29 is 9.53 Å². The maximum atomic E-state index is 12.2. The van der Waals surface area contributed by atoms with Crippen molar-refractivity contribution in [2.45, 2.75) is 70.5 Å². The largest absolute Gasteiger partial charge is 0.468 e. The molecule has 5 heteroatoms. The number of carbonyl (C=O) groups excluding carboxylic acids is 1. The lowest BCUT2D eigenvalue weighted by molar-refractivity contribution is -0.143. The van der Waals surface area contributed by atoms with Gasteiger partial charge in [0.1, 0.15) is 6.04 Å². The number of imidazole rings is 1. The van der Waals surface area contributed by atoms with Crippen LogP contribution < -0.4 is 5.32 Å². The first-order valence-corrected chi connectivity index (χ1v) is 8.10. The van der Waals surface area contributed by atoms with E-state index in [0.29, 0.717) is 6.04 Å². The van der Waals surface area contributed by atoms with Gasteiger partial charge in [-0.15, -0.1) is 0 Å². The highest BCUT2D eigenvalue weighted by atomic mass is 16.5. The summed E-state index contributed by atoms with van der Waals surface area (Å²) in [4.78, 5) is 16.4. The number of carbonyl (C=O) groups is 1. The summed E-state index contributed by atoms with van der Waals surface area (Å²) < 4.78 is 7.05. The molecule has 0 amide bonds. The van der Waals surface area contributed by atoms with Crippen LogP contribution in [0.2, 0.25) is 0 Å². The van der Waals surface area contributed by atoms with E-state index in [1.165, 1.54) is 32.8 Å². The van der Waals surface area contributed by atoms with E-state index >= 15 is 0 Å². The number of methoxy groups -OCH3 is 1. The highest BCUT2D eigenvalue weighted by Crippen LogP contribution is 2.22. The van der Waals surface area contributed by atoms with Crippen LogP contribution in [0.4, 0.5) is 0 Å². The molecule has 1 fully saturated rings. The lowest BCUT2D eigenvalue weighted by Gasteiger charge is -2.24. The van der Waals surface area contributed by atoms with Crippen molar-refractivity contribution in [1.82, 2.24) is 14.9 Å². The zero-order chi connectivity index (χ0) is 15.1. The second-order valence-electron chi connectivity index (χ2n) is 5.82. The third-order valence-corrected chi connectivity index (χ3v) is 4.20. The molecular weight excluding hydrogens is 266 g/mol. The zero-order valence-corrected chi connectivity index (χ0v) is 13.2. The number of rotatable bonds is 6. The minimum atomic E-state index is -0.410. The van der Waals surface area contributed by atoms with Crippen LogP contribution in [-0.4, -0.2) is 28.7 Å². The van der Waals surface area contributed by atoms with Crippen molar-refractivity contribution in [3.05, 3.63) is 18.2 Å². The number of aryl methyl sites for hydroxylation is 1. The molecule has 0 bridgehead atoms. The number of nitrogens with one attached hydrogen (secondary N) is 1. The molecule has 5 nitrogen and oxygen atoms in total. The fraction of sp³-hybridized carbons (Fsp3) is 0.750. The van der Waals surface area contributed by atoms with Gasteiger partial charge in [-0.1, -0.05) is 32.6 Å². The Hall–Kier alpha value is -1.36. The highest BCUT2D eigenvalue weighted by Gasteiger charge is 2.27. The third-order valence-electron chi connectivity index (χ3n) is 4.20. The van der Waals surface area contributed by atoms with Crippen molar-refractivity contribution in [3.63, 3.8) is 0 Å². The van der Waals surface area contributed by atoms with Gasteiger partial charge in [0.15, 0.2) is 0 Å². The number of nitrogens with zero attached hydrogens (tertiary/aromatic N) is 2. The topological polar surface area (TPSA) is 56.2 Å². The molecule has 0 spiro atoms. The Morgan fingerprint density at radius 2 is 2.14 bits per heavy atom. The summed E-state index contributed by atoms with van der Waals surface area (Å²) in [6.07, 6.45) is 11.9. The van der Waals surface area contributed by atoms with Gasteiger partial charge in [-0.05, 0) is 19.3 Å². The summed E-state index contributed by atoms with van der Waals surface area (Å²) in [5, 5.41) is 3.51. The lowest BCUT2D eigenvalue weighted by Crippen LogP contribution is -2.38. The molecule has 1 unspecified atom stereocenters. The van der Waals surface area contributed by atoms with E-state index in [9.17, 15) is 4.79 Å². The SMILES string of the molecule is CCCn1cncc1C(NC1CCCCCC1)C(=O)OC. The first kappa shape index (κ1) is 16.0. The van der Waals surface area contributed by atoms with E-state index < -0.39 is 6.04 Å². The second kappa shape index (κ2) is 8.17. The first-order valence-electron chi connectivity index (χ1n) is 8.10. The van der Waals surface area contributed by atoms with Crippen LogP contribution in [-0.2, 0) is 16.1 Å². The summed E-state index contributed by atoms with van der Waals surface area (Å²) in [5.74, 6) is -0.225. The fourth-order valence-corrected chi connectivity index (χ4v) is 3.07. The minimum absolute atomic E-state index is 0.225. The molecule has 0 aromatic carbocycles. The number of hydrogen-bond acceptors (Lipinski definition) is 4. The van der Waals surface area contributed by atoms with Gasteiger partial charge in [0, 0.05) is 12.6 Å². The molecule has 118 valence electrons. The average molecular weight is 293 g/mol. The van der Waals surface area contributed by atoms with Gasteiger partial charge in [0.25, 0.3) is 0 Å². The molecule has 1 aromatic rings. The number of aromatic nitrogens is 2. The van der Waals surface area contributed by atoms with Crippen LogP contribution in [0.5, 0.6) is 0 Å². The van der Waals surface area contributed by atoms with Crippen LogP contribution in [0.25, 0.3) is 0 Å². The highest BCUT2D eigenvalue weighted by molar-refractivity contribution is 5.77. The monoisotopic (exact) mass is 293 g/mol. The van der Waals surface area contributed by atoms with Crippen molar-refractivity contribution in [2.24, 2.45) is 0 Å². The smallest absolute Gasteiger partial charge is 0.329 e. The van der Waals surface area contributed by atoms with E-state index in [2.05, 4.69) is 17.2 Å². The van der Waals surface area contributed by atoms with E-state index in [0.717, 1.165) is 31.5 Å². The molecule has 1 aromatic heterocycles. The molecule has 21 heavy (non-hydrogen) atoms. The second-order valence-corrected chi connectivity index (χ2v) is 5.82. The fourth-order valence-electron chi connectivity index (χ4n) is 3.07. The van der Waals surface area contributed by atoms with Crippen LogP contribution in [0, 0.1) is 0 Å². The molecule has 1 aliphatic carbocycles. The van der Waals surface area contributed by atoms with Crippen LogP contribution in [0.3, 0.4) is 0 Å². The van der Waals surface area contributed by atoms with Crippen LogP contribution >= 0.6 is 0 Å². The van der Waals surface area contributed by atoms with Gasteiger partial charge in [-0.3, -0.25) is 5.32 Å². The van der Waals surface area contributed by atoms with E-state index in [4.69, 9.17) is 4.74 Å². The maximum Gasteiger partial charge on any atom is 0.329 e. The molecule has 0 saturated heterocycles. The van der Waals surface area contributed by atoms with E-state index in [-0.39, 0.29) is 5.97 Å². The number of hydrogen-bond donors (Lipinski definition) is 1. The summed E-state index contributed by atoms with van der Waals surface area (Å²) in [6.45, 7) is 2.99. The zero-order valence-electron chi connectivity index (χ0n) is 13.2. The normalized spacial score (nSPS) is 18.2. The van der Waals surface area contributed by atoms with Gasteiger partial charge in [-0.2, -0.15) is 0 Å². The molecule has 1 aliphatic rings. The van der Waals surface area contributed by atoms with Gasteiger partial charge in [0.05, 0.1) is 25.3 Å². The molecule has 1 saturated carbocycles. The van der Waals surface area contributed by atoms with Crippen LogP contribution in [0.15, 0.2) is 12.5 Å². The third kappa shape index (κ3) is 4.30. The Balaban J connectivity index is 2.13. The Morgan fingerprint density at radius 1 is 1.43 bits per heavy atom. The average Bonchev–Trinajstić information content (AvgIpc) is 2.79. The van der Waals surface area contributed by atoms with Gasteiger partial charge < -0.3 is 9.30 Å². The lowest BCUT2D eigenvalue weighted by atomic mass is 10.1. The molecule has 0 aliphatic heterocycles. The summed E-state index contributed by atoms with van der Waals surface area (Å²) in [6, 6.07) is -0.0197. The Morgan fingerprint density at radius 3 is 2.76 bits per heavy atom.